The van der Waals surface area contributed by atoms with E-state index in [1.165, 1.54) is 32.1 Å². The number of aliphatic carboxylic acids is 4. The fourth-order valence-corrected chi connectivity index (χ4v) is 4.14. The number of carbonyl (C=O) groups is 4. The number of rotatable bonds is 6. The molecular formula is C23H34N2O11. The fourth-order valence-electron chi connectivity index (χ4n) is 4.14. The Labute approximate surface area is 208 Å². The molecule has 36 heavy (non-hydrogen) atoms. The molecule has 3 rings (SSSR count). The average Bonchev–Trinajstić information content (AvgIpc) is 2.86. The zero-order chi connectivity index (χ0) is 27.1. The fraction of sp³-hybridized carbons (Fsp3) is 0.565. The molecule has 13 heteroatoms. The average molecular weight is 515 g/mol. The van der Waals surface area contributed by atoms with Crippen LogP contribution in [0.25, 0.3) is 0 Å². The summed E-state index contributed by atoms with van der Waals surface area (Å²) in [6, 6.07) is 5.62. The van der Waals surface area contributed by atoms with E-state index < -0.39 is 23.9 Å². The van der Waals surface area contributed by atoms with E-state index >= 15 is 0 Å². The lowest BCUT2D eigenvalue weighted by Gasteiger charge is -2.48. The van der Waals surface area contributed by atoms with Gasteiger partial charge in [-0.2, -0.15) is 0 Å². The molecular weight excluding hydrogens is 480 g/mol. The van der Waals surface area contributed by atoms with Gasteiger partial charge < -0.3 is 40.3 Å². The predicted molar refractivity (Wildman–Crippen MR) is 125 cm³/mol. The number of ether oxygens (including phenoxy) is 2. The lowest BCUT2D eigenvalue weighted by molar-refractivity contribution is -0.159. The van der Waals surface area contributed by atoms with Crippen LogP contribution < -0.4 is 10.1 Å². The van der Waals surface area contributed by atoms with Gasteiger partial charge >= 0.3 is 23.9 Å². The summed E-state index contributed by atoms with van der Waals surface area (Å²) < 4.78 is 10.6. The topological polar surface area (TPSA) is 203 Å². The SMILES string of the molecule is COc1ccc(CNCC2(N3CCOCC3)CCCCC2)cc1O.O=C(O)C(=O)O.O=C(O)C(=O)O. The van der Waals surface area contributed by atoms with Crippen molar-refractivity contribution in [3.63, 3.8) is 0 Å². The molecule has 0 unspecified atom stereocenters. The molecule has 1 aliphatic carbocycles. The number of carboxylic acids is 4. The van der Waals surface area contributed by atoms with Crippen LogP contribution in [0.3, 0.4) is 0 Å². The van der Waals surface area contributed by atoms with Gasteiger partial charge in [0.15, 0.2) is 11.5 Å². The van der Waals surface area contributed by atoms with Crippen LogP contribution in [0.2, 0.25) is 0 Å². The van der Waals surface area contributed by atoms with Crippen LogP contribution in [-0.4, -0.2) is 99.8 Å². The summed E-state index contributed by atoms with van der Waals surface area (Å²) >= 11 is 0. The second kappa shape index (κ2) is 15.5. The third-order valence-electron chi connectivity index (χ3n) is 5.86. The highest BCUT2D eigenvalue weighted by atomic mass is 16.5. The van der Waals surface area contributed by atoms with E-state index in [0.29, 0.717) is 5.75 Å². The first-order valence-electron chi connectivity index (χ1n) is 11.3. The monoisotopic (exact) mass is 514 g/mol. The number of carboxylic acid groups (broad SMARTS) is 4. The number of morpholine rings is 1. The number of nitrogens with zero attached hydrogens (tertiary/aromatic N) is 1. The van der Waals surface area contributed by atoms with Crippen molar-refractivity contribution >= 4 is 23.9 Å². The molecule has 1 aliphatic heterocycles. The summed E-state index contributed by atoms with van der Waals surface area (Å²) in [6.45, 7) is 5.57. The molecule has 0 amide bonds. The van der Waals surface area contributed by atoms with Gasteiger partial charge in [-0.25, -0.2) is 19.2 Å². The van der Waals surface area contributed by atoms with Crippen molar-refractivity contribution in [1.82, 2.24) is 10.2 Å². The lowest BCUT2D eigenvalue weighted by Crippen LogP contribution is -2.59. The summed E-state index contributed by atoms with van der Waals surface area (Å²) in [5.41, 5.74) is 1.36. The molecule has 2 aliphatic rings. The van der Waals surface area contributed by atoms with Crippen molar-refractivity contribution < 1.29 is 54.2 Å². The third kappa shape index (κ3) is 10.5. The van der Waals surface area contributed by atoms with E-state index in [1.807, 2.05) is 12.1 Å². The van der Waals surface area contributed by atoms with E-state index in [4.69, 9.17) is 49.1 Å². The van der Waals surface area contributed by atoms with Crippen LogP contribution in [-0.2, 0) is 30.5 Å². The van der Waals surface area contributed by atoms with Crippen molar-refractivity contribution in [3.05, 3.63) is 23.8 Å². The van der Waals surface area contributed by atoms with Crippen molar-refractivity contribution in [2.24, 2.45) is 0 Å². The molecule has 202 valence electrons. The number of aromatic hydroxyl groups is 1. The molecule has 0 atom stereocenters. The minimum atomic E-state index is -1.82. The number of hydrogen-bond donors (Lipinski definition) is 6. The van der Waals surface area contributed by atoms with Gasteiger partial charge in [0.05, 0.1) is 20.3 Å². The molecule has 1 aromatic carbocycles. The first kappa shape index (κ1) is 30.6. The number of phenols is 1. The Hall–Kier alpha value is -3.42. The van der Waals surface area contributed by atoms with Crippen LogP contribution in [0.5, 0.6) is 11.5 Å². The van der Waals surface area contributed by atoms with Crippen molar-refractivity contribution in [2.75, 3.05) is 40.0 Å². The lowest BCUT2D eigenvalue weighted by atomic mass is 9.79. The van der Waals surface area contributed by atoms with Crippen LogP contribution in [0.4, 0.5) is 0 Å². The molecule has 6 N–H and O–H groups in total. The smallest absolute Gasteiger partial charge is 0.414 e. The minimum Gasteiger partial charge on any atom is -0.504 e. The van der Waals surface area contributed by atoms with E-state index in [-0.39, 0.29) is 11.3 Å². The number of hydrogen-bond acceptors (Lipinski definition) is 9. The quantitative estimate of drug-likeness (QED) is 0.292. The van der Waals surface area contributed by atoms with Crippen LogP contribution in [0.15, 0.2) is 18.2 Å². The summed E-state index contributed by atoms with van der Waals surface area (Å²) in [5, 5.41) is 43.1. The van der Waals surface area contributed by atoms with Gasteiger partial charge in [-0.15, -0.1) is 0 Å². The Morgan fingerprint density at radius 1 is 0.944 bits per heavy atom. The van der Waals surface area contributed by atoms with E-state index in [9.17, 15) is 5.11 Å². The van der Waals surface area contributed by atoms with Crippen LogP contribution in [0.1, 0.15) is 37.7 Å². The minimum absolute atomic E-state index is 0.206. The molecule has 1 saturated carbocycles. The second-order valence-corrected chi connectivity index (χ2v) is 8.21. The first-order chi connectivity index (χ1) is 17.0. The van der Waals surface area contributed by atoms with E-state index in [1.54, 1.807) is 13.2 Å². The zero-order valence-electron chi connectivity index (χ0n) is 20.1. The highest BCUT2D eigenvalue weighted by Crippen LogP contribution is 2.34. The summed E-state index contributed by atoms with van der Waals surface area (Å²) in [6.07, 6.45) is 6.55. The van der Waals surface area contributed by atoms with Gasteiger partial charge in [0.25, 0.3) is 0 Å². The van der Waals surface area contributed by atoms with E-state index in [2.05, 4.69) is 10.2 Å². The van der Waals surface area contributed by atoms with E-state index in [0.717, 1.165) is 45.0 Å². The maximum Gasteiger partial charge on any atom is 0.414 e. The van der Waals surface area contributed by atoms with Gasteiger partial charge in [-0.1, -0.05) is 25.3 Å². The van der Waals surface area contributed by atoms with Gasteiger partial charge in [0, 0.05) is 31.7 Å². The summed E-state index contributed by atoms with van der Waals surface area (Å²) in [7, 11) is 1.57. The van der Waals surface area contributed by atoms with Gasteiger partial charge in [0.2, 0.25) is 0 Å². The molecule has 0 bridgehead atoms. The molecule has 1 aromatic rings. The maximum atomic E-state index is 9.92. The Morgan fingerprint density at radius 2 is 1.47 bits per heavy atom. The molecule has 13 nitrogen and oxygen atoms in total. The molecule has 1 saturated heterocycles. The zero-order valence-corrected chi connectivity index (χ0v) is 20.1. The number of nitrogens with one attached hydrogen (secondary N) is 1. The second-order valence-electron chi connectivity index (χ2n) is 8.21. The first-order valence-corrected chi connectivity index (χ1v) is 11.3. The number of benzene rings is 1. The molecule has 1 heterocycles. The predicted octanol–water partition coefficient (Wildman–Crippen LogP) is 0.837. The standard InChI is InChI=1S/C19H30N2O3.2C2H2O4/c1-23-18-6-5-16(13-17(18)22)14-20-15-19(7-3-2-4-8-19)21-9-11-24-12-10-21;2*3-1(4)2(5)6/h5-6,13,20,22H,2-4,7-12,14-15H2,1H3;2*(H,3,4)(H,5,6). The highest BCUT2D eigenvalue weighted by Gasteiger charge is 2.38. The highest BCUT2D eigenvalue weighted by molar-refractivity contribution is 6.27. The van der Waals surface area contributed by atoms with Crippen molar-refractivity contribution in [3.8, 4) is 11.5 Å². The summed E-state index contributed by atoms with van der Waals surface area (Å²) in [5.74, 6) is -6.57. The summed E-state index contributed by atoms with van der Waals surface area (Å²) in [4.78, 5) is 39.0. The van der Waals surface area contributed by atoms with Gasteiger partial charge in [0.1, 0.15) is 0 Å². The molecule has 0 spiro atoms. The maximum absolute atomic E-state index is 9.92. The molecule has 2 fully saturated rings. The van der Waals surface area contributed by atoms with Crippen LogP contribution >= 0.6 is 0 Å². The van der Waals surface area contributed by atoms with Crippen molar-refractivity contribution in [1.29, 1.82) is 0 Å². The number of phenolic OH excluding ortho intramolecular Hbond substituents is 1. The molecule has 0 radical (unpaired) electrons. The van der Waals surface area contributed by atoms with Crippen molar-refractivity contribution in [2.45, 2.75) is 44.2 Å². The third-order valence-corrected chi connectivity index (χ3v) is 5.86. The molecule has 0 aromatic heterocycles. The Morgan fingerprint density at radius 3 is 1.92 bits per heavy atom. The normalized spacial score (nSPS) is 16.8. The van der Waals surface area contributed by atoms with Gasteiger partial charge in [-0.05, 0) is 30.5 Å². The Balaban J connectivity index is 0.000000450. The van der Waals surface area contributed by atoms with Crippen LogP contribution in [0, 0.1) is 0 Å². The Kier molecular flexibility index (Phi) is 13.2. The number of methoxy groups -OCH3 is 1. The van der Waals surface area contributed by atoms with Gasteiger partial charge in [-0.3, -0.25) is 4.90 Å². The Bertz CT molecular complexity index is 831. The largest absolute Gasteiger partial charge is 0.504 e.